The lowest BCUT2D eigenvalue weighted by Gasteiger charge is -2.28. The molecule has 144 valence electrons. The molecule has 28 heavy (non-hydrogen) atoms. The molecular weight excluding hydrogens is 362 g/mol. The van der Waals surface area contributed by atoms with E-state index in [4.69, 9.17) is 4.98 Å². The number of aromatic nitrogens is 2. The highest BCUT2D eigenvalue weighted by Gasteiger charge is 2.26. The largest absolute Gasteiger partial charge is 0.340 e. The average molecular weight is 382 g/mol. The number of imidazole rings is 1. The Bertz CT molecular complexity index is 996. The summed E-state index contributed by atoms with van der Waals surface area (Å²) >= 11 is 0. The first-order valence-corrected chi connectivity index (χ1v) is 9.21. The van der Waals surface area contributed by atoms with Gasteiger partial charge in [-0.2, -0.15) is 0 Å². The normalized spacial score (nSPS) is 13.3. The van der Waals surface area contributed by atoms with Crippen LogP contribution in [0, 0.1) is 11.6 Å². The molecule has 0 saturated carbocycles. The van der Waals surface area contributed by atoms with Gasteiger partial charge in [0.05, 0.1) is 6.54 Å². The topological polar surface area (TPSA) is 50.2 Å². The van der Waals surface area contributed by atoms with Gasteiger partial charge in [-0.3, -0.25) is 4.79 Å². The van der Waals surface area contributed by atoms with Crippen molar-refractivity contribution in [3.8, 4) is 11.3 Å². The van der Waals surface area contributed by atoms with E-state index in [1.54, 1.807) is 29.2 Å². The molecular formula is C21H20F2N4O. The fourth-order valence-electron chi connectivity index (χ4n) is 3.37. The first-order chi connectivity index (χ1) is 13.5. The Balaban J connectivity index is 1.76. The lowest BCUT2D eigenvalue weighted by atomic mass is 10.1. The number of benzene rings is 2. The van der Waals surface area contributed by atoms with Crippen molar-refractivity contribution in [3.63, 3.8) is 0 Å². The molecule has 1 aromatic heterocycles. The average Bonchev–Trinajstić information content (AvgIpc) is 3.07. The van der Waals surface area contributed by atoms with Crippen molar-refractivity contribution in [2.45, 2.75) is 26.4 Å². The molecule has 0 aliphatic carbocycles. The van der Waals surface area contributed by atoms with Crippen molar-refractivity contribution < 1.29 is 13.6 Å². The highest BCUT2D eigenvalue weighted by Crippen LogP contribution is 2.33. The van der Waals surface area contributed by atoms with E-state index >= 15 is 0 Å². The molecule has 2 aromatic carbocycles. The fourth-order valence-corrected chi connectivity index (χ4v) is 3.37. The summed E-state index contributed by atoms with van der Waals surface area (Å²) in [6.07, 6.45) is 0.451. The first-order valence-electron chi connectivity index (χ1n) is 9.21. The van der Waals surface area contributed by atoms with Crippen molar-refractivity contribution >= 4 is 17.4 Å². The highest BCUT2D eigenvalue weighted by molar-refractivity contribution is 5.78. The second kappa shape index (κ2) is 7.42. The number of fused-ring (bicyclic) bond motifs is 1. The first kappa shape index (κ1) is 18.2. The van der Waals surface area contributed by atoms with E-state index in [9.17, 15) is 13.6 Å². The molecule has 1 aliphatic rings. The van der Waals surface area contributed by atoms with E-state index in [0.29, 0.717) is 31.7 Å². The molecule has 1 N–H and O–H groups in total. The summed E-state index contributed by atoms with van der Waals surface area (Å²) in [7, 11) is 0. The zero-order valence-corrected chi connectivity index (χ0v) is 15.5. The van der Waals surface area contributed by atoms with Gasteiger partial charge in [0.1, 0.15) is 29.0 Å². The van der Waals surface area contributed by atoms with E-state index < -0.39 is 0 Å². The van der Waals surface area contributed by atoms with Crippen molar-refractivity contribution in [2.24, 2.45) is 0 Å². The zero-order chi connectivity index (χ0) is 19.7. The highest BCUT2D eigenvalue weighted by atomic mass is 19.1. The van der Waals surface area contributed by atoms with Crippen LogP contribution in [0.4, 0.5) is 20.3 Å². The molecule has 7 heteroatoms. The molecule has 1 aliphatic heterocycles. The van der Waals surface area contributed by atoms with Gasteiger partial charge in [-0.25, -0.2) is 13.8 Å². The monoisotopic (exact) mass is 382 g/mol. The molecule has 0 spiro atoms. The second-order valence-electron chi connectivity index (χ2n) is 6.68. The van der Waals surface area contributed by atoms with Gasteiger partial charge in [-0.15, -0.1) is 0 Å². The van der Waals surface area contributed by atoms with Gasteiger partial charge in [0.25, 0.3) is 0 Å². The predicted molar refractivity (Wildman–Crippen MR) is 103 cm³/mol. The maximum absolute atomic E-state index is 13.4. The van der Waals surface area contributed by atoms with Crippen LogP contribution in [0.15, 0.2) is 48.5 Å². The number of carbonyl (C=O) groups excluding carboxylic acids is 1. The third kappa shape index (κ3) is 3.47. The molecule has 0 fully saturated rings. The number of hydrogen-bond donors (Lipinski definition) is 1. The third-order valence-electron chi connectivity index (χ3n) is 4.85. The minimum atomic E-state index is -0.319. The van der Waals surface area contributed by atoms with Gasteiger partial charge in [0.2, 0.25) is 5.91 Å². The number of nitrogens with zero attached hydrogens (tertiary/aromatic N) is 3. The molecule has 5 nitrogen and oxygen atoms in total. The van der Waals surface area contributed by atoms with Gasteiger partial charge in [-0.1, -0.05) is 6.92 Å². The van der Waals surface area contributed by atoms with E-state index in [1.807, 2.05) is 11.5 Å². The third-order valence-corrected chi connectivity index (χ3v) is 4.85. The Kier molecular flexibility index (Phi) is 4.81. The number of hydrogen-bond acceptors (Lipinski definition) is 3. The number of anilines is 2. The SMILES string of the molecule is CCC(=O)N1CCn2c(nc(-c3ccc(F)cc3)c2Nc2ccc(F)cc2)C1. The minimum absolute atomic E-state index is 0.0885. The van der Waals surface area contributed by atoms with Crippen LogP contribution < -0.4 is 5.32 Å². The summed E-state index contributed by atoms with van der Waals surface area (Å²) in [5.74, 6) is 0.966. The maximum Gasteiger partial charge on any atom is 0.222 e. The van der Waals surface area contributed by atoms with Gasteiger partial charge < -0.3 is 14.8 Å². The predicted octanol–water partition coefficient (Wildman–Crippen LogP) is 4.32. The van der Waals surface area contributed by atoms with Crippen molar-refractivity contribution in [2.75, 3.05) is 11.9 Å². The minimum Gasteiger partial charge on any atom is -0.340 e. The Hall–Kier alpha value is -3.22. The van der Waals surface area contributed by atoms with Gasteiger partial charge in [-0.05, 0) is 48.5 Å². The molecule has 0 radical (unpaired) electrons. The van der Waals surface area contributed by atoms with Crippen LogP contribution in [0.25, 0.3) is 11.3 Å². The van der Waals surface area contributed by atoms with Crippen molar-refractivity contribution in [3.05, 3.63) is 66.0 Å². The van der Waals surface area contributed by atoms with Crippen LogP contribution in [0.5, 0.6) is 0 Å². The van der Waals surface area contributed by atoms with Crippen LogP contribution in [0.1, 0.15) is 19.2 Å². The summed E-state index contributed by atoms with van der Waals surface area (Å²) in [6, 6.07) is 12.2. The zero-order valence-electron chi connectivity index (χ0n) is 15.5. The summed E-state index contributed by atoms with van der Waals surface area (Å²) in [4.78, 5) is 18.6. The van der Waals surface area contributed by atoms with Crippen molar-refractivity contribution in [1.82, 2.24) is 14.5 Å². The lowest BCUT2D eigenvalue weighted by Crippen LogP contribution is -2.38. The molecule has 3 aromatic rings. The number of halogens is 2. The molecule has 4 rings (SSSR count). The van der Waals surface area contributed by atoms with Crippen LogP contribution in [-0.4, -0.2) is 26.9 Å². The van der Waals surface area contributed by atoms with Gasteiger partial charge in [0.15, 0.2) is 0 Å². The Morgan fingerprint density at radius 3 is 2.32 bits per heavy atom. The molecule has 0 unspecified atom stereocenters. The van der Waals surface area contributed by atoms with Gasteiger partial charge >= 0.3 is 0 Å². The summed E-state index contributed by atoms with van der Waals surface area (Å²) in [5.41, 5.74) is 2.16. The fraction of sp³-hybridized carbons (Fsp3) is 0.238. The van der Waals surface area contributed by atoms with Crippen LogP contribution >= 0.6 is 0 Å². The van der Waals surface area contributed by atoms with E-state index in [0.717, 1.165) is 22.9 Å². The van der Waals surface area contributed by atoms with Crippen LogP contribution in [0.2, 0.25) is 0 Å². The van der Waals surface area contributed by atoms with Crippen LogP contribution in [-0.2, 0) is 17.9 Å². The van der Waals surface area contributed by atoms with Crippen LogP contribution in [0.3, 0.4) is 0 Å². The van der Waals surface area contributed by atoms with Crippen molar-refractivity contribution in [1.29, 1.82) is 0 Å². The maximum atomic E-state index is 13.4. The summed E-state index contributed by atoms with van der Waals surface area (Å²) < 4.78 is 28.7. The number of amides is 1. The Labute approximate surface area is 161 Å². The number of nitrogens with one attached hydrogen (secondary N) is 1. The summed E-state index contributed by atoms with van der Waals surface area (Å²) in [6.45, 7) is 3.45. The smallest absolute Gasteiger partial charge is 0.222 e. The van der Waals surface area contributed by atoms with E-state index in [1.165, 1.54) is 24.3 Å². The van der Waals surface area contributed by atoms with E-state index in [-0.39, 0.29) is 17.5 Å². The number of carbonyl (C=O) groups is 1. The molecule has 0 saturated heterocycles. The Morgan fingerprint density at radius 1 is 1.04 bits per heavy atom. The molecule has 1 amide bonds. The van der Waals surface area contributed by atoms with E-state index in [2.05, 4.69) is 5.32 Å². The molecule has 0 bridgehead atoms. The Morgan fingerprint density at radius 2 is 1.68 bits per heavy atom. The molecule has 0 atom stereocenters. The quantitative estimate of drug-likeness (QED) is 0.731. The van der Waals surface area contributed by atoms with Gasteiger partial charge in [0, 0.05) is 30.8 Å². The molecule has 2 heterocycles. The standard InChI is InChI=1S/C21H20F2N4O/c1-2-19(28)26-11-12-27-18(13-26)25-20(14-3-5-15(22)6-4-14)21(27)24-17-9-7-16(23)8-10-17/h3-10,24H,2,11-13H2,1H3. The summed E-state index contributed by atoms with van der Waals surface area (Å²) in [5, 5.41) is 3.32. The number of rotatable bonds is 4. The lowest BCUT2D eigenvalue weighted by molar-refractivity contribution is -0.132. The second-order valence-corrected chi connectivity index (χ2v) is 6.68.